The van der Waals surface area contributed by atoms with E-state index in [9.17, 15) is 9.59 Å². The number of rotatable bonds is 1. The van der Waals surface area contributed by atoms with Crippen LogP contribution in [0.2, 0.25) is 0 Å². The van der Waals surface area contributed by atoms with Crippen molar-refractivity contribution in [2.45, 2.75) is 18.9 Å². The molecule has 2 amide bonds. The summed E-state index contributed by atoms with van der Waals surface area (Å²) in [5.41, 5.74) is 1.81. The van der Waals surface area contributed by atoms with E-state index >= 15 is 0 Å². The van der Waals surface area contributed by atoms with Gasteiger partial charge in [-0.25, -0.2) is 0 Å². The summed E-state index contributed by atoms with van der Waals surface area (Å²) >= 11 is 7.58. The molecule has 2 heterocycles. The maximum Gasteiger partial charge on any atom is 0.252 e. The van der Waals surface area contributed by atoms with Gasteiger partial charge in [-0.2, -0.15) is 0 Å². The number of benzene rings is 1. The Labute approximate surface area is 134 Å². The quantitative estimate of drug-likeness (QED) is 0.454. The molecule has 20 heavy (non-hydrogen) atoms. The second-order valence-corrected chi connectivity index (χ2v) is 6.44. The number of likely N-dealkylation sites (tertiary alicyclic amines) is 1. The summed E-state index contributed by atoms with van der Waals surface area (Å²) in [5, 5.41) is 0. The number of imidazole rings is 1. The van der Waals surface area contributed by atoms with E-state index in [2.05, 4.69) is 27.6 Å². The fourth-order valence-corrected chi connectivity index (χ4v) is 3.38. The van der Waals surface area contributed by atoms with Gasteiger partial charge in [0, 0.05) is 17.0 Å². The number of carbonyl (C=O) groups is 2. The number of nitrogens with zero attached hydrogens (tertiary/aromatic N) is 2. The Hall–Kier alpha value is -1.22. The average Bonchev–Trinajstić information content (AvgIpc) is 2.72. The molecule has 0 aliphatic carbocycles. The predicted molar refractivity (Wildman–Crippen MR) is 85.9 cm³/mol. The van der Waals surface area contributed by atoms with E-state index in [0.29, 0.717) is 17.6 Å². The Morgan fingerprint density at radius 1 is 1.40 bits per heavy atom. The Morgan fingerprint density at radius 2 is 2.15 bits per heavy atom. The van der Waals surface area contributed by atoms with Crippen molar-refractivity contribution in [1.29, 1.82) is 0 Å². The maximum absolute atomic E-state index is 12.3. The van der Waals surface area contributed by atoms with Gasteiger partial charge in [0.15, 0.2) is 4.77 Å². The van der Waals surface area contributed by atoms with E-state index in [-0.39, 0.29) is 11.8 Å². The lowest BCUT2D eigenvalue weighted by molar-refractivity contribution is -0.149. The van der Waals surface area contributed by atoms with Gasteiger partial charge in [0.05, 0.1) is 11.0 Å². The van der Waals surface area contributed by atoms with Crippen molar-refractivity contribution in [2.24, 2.45) is 0 Å². The summed E-state index contributed by atoms with van der Waals surface area (Å²) in [6.45, 7) is 0. The van der Waals surface area contributed by atoms with Crippen LogP contribution in [0.5, 0.6) is 0 Å². The van der Waals surface area contributed by atoms with Gasteiger partial charge in [0.1, 0.15) is 6.04 Å². The predicted octanol–water partition coefficient (Wildman–Crippen LogP) is 2.62. The molecular formula is C13H12IN3O2S. The van der Waals surface area contributed by atoms with E-state index in [1.54, 1.807) is 0 Å². The third-order valence-corrected chi connectivity index (χ3v) is 4.58. The molecule has 1 aromatic heterocycles. The summed E-state index contributed by atoms with van der Waals surface area (Å²) in [4.78, 5) is 28.2. The molecule has 1 N–H and O–H groups in total. The van der Waals surface area contributed by atoms with Crippen molar-refractivity contribution in [3.8, 4) is 0 Å². The van der Waals surface area contributed by atoms with Gasteiger partial charge < -0.3 is 9.55 Å². The number of nitrogens with one attached hydrogen (secondary N) is 1. The normalized spacial score (nSPS) is 19.9. The summed E-state index contributed by atoms with van der Waals surface area (Å²) in [5.74, 6) is -0.330. The lowest BCUT2D eigenvalue weighted by Gasteiger charge is -2.28. The molecule has 0 saturated carbocycles. The highest BCUT2D eigenvalue weighted by Gasteiger charge is 2.34. The number of halogens is 1. The molecule has 1 fully saturated rings. The lowest BCUT2D eigenvalue weighted by atomic mass is 10.0. The third kappa shape index (κ3) is 2.08. The first-order chi connectivity index (χ1) is 9.49. The van der Waals surface area contributed by atoms with Crippen LogP contribution in [0.4, 0.5) is 0 Å². The minimum absolute atomic E-state index is 0.132. The van der Waals surface area contributed by atoms with Crippen molar-refractivity contribution >= 4 is 57.7 Å². The van der Waals surface area contributed by atoms with Crippen LogP contribution in [0.25, 0.3) is 11.0 Å². The Kier molecular flexibility index (Phi) is 3.41. The monoisotopic (exact) mass is 401 g/mol. The molecule has 3 rings (SSSR count). The van der Waals surface area contributed by atoms with E-state index in [1.807, 2.05) is 22.8 Å². The molecule has 1 aliphatic rings. The minimum atomic E-state index is -0.404. The van der Waals surface area contributed by atoms with Gasteiger partial charge in [-0.15, -0.1) is 0 Å². The first-order valence-electron chi connectivity index (χ1n) is 6.19. The van der Waals surface area contributed by atoms with E-state index < -0.39 is 6.04 Å². The molecule has 0 spiro atoms. The molecule has 0 bridgehead atoms. The van der Waals surface area contributed by atoms with Crippen LogP contribution in [-0.4, -0.2) is 33.3 Å². The number of hydrogen-bond donors (Lipinski definition) is 1. The lowest BCUT2D eigenvalue weighted by Crippen LogP contribution is -2.43. The second-order valence-electron chi connectivity index (χ2n) is 4.81. The third-order valence-electron chi connectivity index (χ3n) is 3.61. The molecule has 5 nitrogen and oxygen atoms in total. The molecule has 2 aromatic rings. The van der Waals surface area contributed by atoms with Crippen LogP contribution >= 0.6 is 34.8 Å². The number of aromatic nitrogens is 2. The SMILES string of the molecule is CN1C(=O)CCC(n2c(=S)[nH]c3cc(I)ccc32)C1=O. The van der Waals surface area contributed by atoms with Gasteiger partial charge in [-0.1, -0.05) is 0 Å². The first kappa shape index (κ1) is 13.7. The molecule has 1 atom stereocenters. The number of aromatic amines is 1. The molecule has 1 unspecified atom stereocenters. The zero-order chi connectivity index (χ0) is 14.4. The number of amides is 2. The van der Waals surface area contributed by atoms with Crippen LogP contribution in [0, 0.1) is 8.34 Å². The topological polar surface area (TPSA) is 58.1 Å². The van der Waals surface area contributed by atoms with Crippen LogP contribution in [0.1, 0.15) is 18.9 Å². The standard InChI is InChI=1S/C13H12IN3O2S/c1-16-11(18)5-4-10(12(16)19)17-9-3-2-7(14)6-8(9)15-13(17)20/h2-3,6,10H,4-5H2,1H3,(H,15,20). The number of likely N-dealkylation sites (N-methyl/N-ethyl adjacent to an activating group) is 1. The summed E-state index contributed by atoms with van der Waals surface area (Å²) in [7, 11) is 1.53. The molecule has 1 aliphatic heterocycles. The zero-order valence-electron chi connectivity index (χ0n) is 10.7. The highest BCUT2D eigenvalue weighted by atomic mass is 127. The molecule has 0 radical (unpaired) electrons. The van der Waals surface area contributed by atoms with Gasteiger partial charge >= 0.3 is 0 Å². The second kappa shape index (κ2) is 4.96. The maximum atomic E-state index is 12.3. The number of H-pyrrole nitrogens is 1. The van der Waals surface area contributed by atoms with Crippen LogP contribution in [0.15, 0.2) is 18.2 Å². The zero-order valence-corrected chi connectivity index (χ0v) is 13.7. The van der Waals surface area contributed by atoms with E-state index in [0.717, 1.165) is 14.6 Å². The van der Waals surface area contributed by atoms with Crippen molar-refractivity contribution in [3.05, 3.63) is 26.5 Å². The van der Waals surface area contributed by atoms with Crippen LogP contribution in [-0.2, 0) is 9.59 Å². The number of hydrogen-bond acceptors (Lipinski definition) is 3. The average molecular weight is 401 g/mol. The molecular weight excluding hydrogens is 389 g/mol. The number of fused-ring (bicyclic) bond motifs is 1. The molecule has 1 saturated heterocycles. The largest absolute Gasteiger partial charge is 0.331 e. The van der Waals surface area contributed by atoms with Crippen molar-refractivity contribution in [3.63, 3.8) is 0 Å². The fourth-order valence-electron chi connectivity index (χ4n) is 2.55. The summed E-state index contributed by atoms with van der Waals surface area (Å²) < 4.78 is 3.44. The smallest absolute Gasteiger partial charge is 0.252 e. The summed E-state index contributed by atoms with van der Waals surface area (Å²) in [6.07, 6.45) is 0.862. The Morgan fingerprint density at radius 3 is 2.90 bits per heavy atom. The van der Waals surface area contributed by atoms with Crippen LogP contribution in [0.3, 0.4) is 0 Å². The van der Waals surface area contributed by atoms with Gasteiger partial charge in [0.2, 0.25) is 5.91 Å². The Balaban J connectivity index is 2.15. The van der Waals surface area contributed by atoms with Gasteiger partial charge in [0.25, 0.3) is 5.91 Å². The highest BCUT2D eigenvalue weighted by Crippen LogP contribution is 2.28. The van der Waals surface area contributed by atoms with Crippen LogP contribution < -0.4 is 0 Å². The van der Waals surface area contributed by atoms with Crippen molar-refractivity contribution in [2.75, 3.05) is 7.05 Å². The minimum Gasteiger partial charge on any atom is -0.331 e. The Bertz CT molecular complexity index is 780. The van der Waals surface area contributed by atoms with Gasteiger partial charge in [-0.05, 0) is 59.4 Å². The first-order valence-corrected chi connectivity index (χ1v) is 7.68. The molecule has 7 heteroatoms. The molecule has 104 valence electrons. The fraction of sp³-hybridized carbons (Fsp3) is 0.308. The van der Waals surface area contributed by atoms with E-state index in [4.69, 9.17) is 12.2 Å². The van der Waals surface area contributed by atoms with E-state index in [1.165, 1.54) is 11.9 Å². The number of imide groups is 1. The number of carbonyl (C=O) groups excluding carboxylic acids is 2. The number of piperidine rings is 1. The van der Waals surface area contributed by atoms with Crippen molar-refractivity contribution < 1.29 is 9.59 Å². The summed E-state index contributed by atoms with van der Waals surface area (Å²) in [6, 6.07) is 5.51. The van der Waals surface area contributed by atoms with Crippen molar-refractivity contribution in [1.82, 2.24) is 14.5 Å². The highest BCUT2D eigenvalue weighted by molar-refractivity contribution is 14.1. The van der Waals surface area contributed by atoms with Gasteiger partial charge in [-0.3, -0.25) is 14.5 Å². The molecule has 1 aromatic carbocycles.